The molecule has 0 bridgehead atoms. The second-order valence-electron chi connectivity index (χ2n) is 26.8. The zero-order chi connectivity index (χ0) is 80.2. The summed E-state index contributed by atoms with van der Waals surface area (Å²) in [4.78, 5) is 202. The maximum atomic E-state index is 13.9. The minimum absolute atomic E-state index is 0.0102. The van der Waals surface area contributed by atoms with Gasteiger partial charge in [-0.2, -0.15) is 0 Å². The summed E-state index contributed by atoms with van der Waals surface area (Å²) in [6.45, 7) is 14.9. The van der Waals surface area contributed by atoms with Gasteiger partial charge in [0, 0.05) is 130 Å². The van der Waals surface area contributed by atoms with Gasteiger partial charge in [0.1, 0.15) is 0 Å². The van der Waals surface area contributed by atoms with Gasteiger partial charge in [0.2, 0.25) is 47.3 Å². The average Bonchev–Trinajstić information content (AvgIpc) is 0.802. The summed E-state index contributed by atoms with van der Waals surface area (Å²) in [6.07, 6.45) is -6.75. The van der Waals surface area contributed by atoms with Crippen LogP contribution in [0.5, 0.6) is 0 Å². The highest BCUT2D eigenvalue weighted by Crippen LogP contribution is 2.33. The van der Waals surface area contributed by atoms with E-state index in [1.165, 1.54) is 19.6 Å². The van der Waals surface area contributed by atoms with Gasteiger partial charge < -0.3 is 98.2 Å². The molecular weight excluding hydrogens is 1490 g/mol. The normalized spacial score (nSPS) is 13.4. The van der Waals surface area contributed by atoms with Crippen LogP contribution in [-0.4, -0.2) is 286 Å². The summed E-state index contributed by atoms with van der Waals surface area (Å²) in [5.74, 6) is -14.8. The molecule has 0 aliphatic carbocycles. The van der Waals surface area contributed by atoms with E-state index in [-0.39, 0.29) is 154 Å². The molecule has 0 saturated heterocycles. The summed E-state index contributed by atoms with van der Waals surface area (Å²) < 4.78 is 41.5. The average molecular weight is 1610 g/mol. The maximum Gasteiger partial charge on any atom is 0.362 e. The van der Waals surface area contributed by atoms with E-state index in [4.69, 9.17) is 46.0 Å². The third-order valence-corrected chi connectivity index (χ3v) is 36.2. The number of hydrogen-bond acceptors (Lipinski definition) is 22. The highest BCUT2D eigenvalue weighted by atomic mass is 28.5. The second-order valence-corrected chi connectivity index (χ2v) is 48.1. The molecule has 0 aliphatic heterocycles. The number of nitrogens with zero attached hydrogens (tertiary/aromatic N) is 4. The Hall–Kier alpha value is -7.42. The van der Waals surface area contributed by atoms with E-state index >= 15 is 0 Å². The lowest BCUT2D eigenvalue weighted by Crippen LogP contribution is -2.60. The van der Waals surface area contributed by atoms with E-state index < -0.39 is 217 Å². The Labute approximate surface area is 618 Å². The topological polar surface area (TPSA) is 551 Å². The molecule has 12 N–H and O–H groups in total. The molecule has 600 valence electrons. The molecular formula is C61H112N8O30Si6. The van der Waals surface area contributed by atoms with Crippen molar-refractivity contribution in [3.8, 4) is 0 Å². The Morgan fingerprint density at radius 3 is 0.829 bits per heavy atom. The molecule has 4 unspecified atom stereocenters. The van der Waals surface area contributed by atoms with E-state index in [0.29, 0.717) is 6.04 Å². The number of rotatable bonds is 63. The molecule has 38 nitrogen and oxygen atoms in total. The number of carbonyl (C=O) groups is 16. The zero-order valence-corrected chi connectivity index (χ0v) is 68.0. The minimum atomic E-state index is -4.10. The van der Waals surface area contributed by atoms with Crippen LogP contribution in [0, 0.1) is 0 Å². The summed E-state index contributed by atoms with van der Waals surface area (Å²) in [5, 5.41) is 84.9. The summed E-state index contributed by atoms with van der Waals surface area (Å²) in [5.41, 5.74) is 0. The third kappa shape index (κ3) is 51.5. The van der Waals surface area contributed by atoms with Crippen molar-refractivity contribution < 1.29 is 143 Å². The Morgan fingerprint density at radius 1 is 0.305 bits per heavy atom. The van der Waals surface area contributed by atoms with E-state index in [9.17, 15) is 97.1 Å². The van der Waals surface area contributed by atoms with Crippen LogP contribution in [0.25, 0.3) is 0 Å². The summed E-state index contributed by atoms with van der Waals surface area (Å²) in [7, 11) is -20.2. The number of aliphatic carboxylic acids is 8. The Balaban J connectivity index is 8.45. The van der Waals surface area contributed by atoms with E-state index in [1.54, 1.807) is 32.7 Å². The first kappa shape index (κ1) is 97.6. The first-order valence-electron chi connectivity index (χ1n) is 34.8. The third-order valence-electron chi connectivity index (χ3n) is 15.2. The van der Waals surface area contributed by atoms with Crippen molar-refractivity contribution in [1.82, 2.24) is 40.9 Å². The van der Waals surface area contributed by atoms with Gasteiger partial charge in [-0.05, 0) is 109 Å². The van der Waals surface area contributed by atoms with Crippen LogP contribution in [0.4, 0.5) is 0 Å². The van der Waals surface area contributed by atoms with Crippen LogP contribution in [0.2, 0.25) is 83.1 Å². The molecule has 0 spiro atoms. The number of carboxylic acids is 8. The Bertz CT molecular complexity index is 2900. The molecule has 8 amide bonds. The molecule has 0 aliphatic rings. The van der Waals surface area contributed by atoms with Gasteiger partial charge in [0.05, 0.1) is 51.4 Å². The molecule has 0 fully saturated rings. The number of nitrogens with one attached hydrogen (secondary N) is 4. The Morgan fingerprint density at radius 2 is 0.552 bits per heavy atom. The summed E-state index contributed by atoms with van der Waals surface area (Å²) >= 11 is 0. The summed E-state index contributed by atoms with van der Waals surface area (Å²) in [6, 6.07) is 0.328. The molecule has 0 aromatic rings. The monoisotopic (exact) mass is 1600 g/mol. The van der Waals surface area contributed by atoms with Crippen molar-refractivity contribution in [3.63, 3.8) is 0 Å². The molecule has 44 heteroatoms. The van der Waals surface area contributed by atoms with Crippen LogP contribution >= 0.6 is 0 Å². The highest BCUT2D eigenvalue weighted by molar-refractivity contribution is 6.87. The van der Waals surface area contributed by atoms with Crippen molar-refractivity contribution >= 4 is 147 Å². The molecule has 0 heterocycles. The van der Waals surface area contributed by atoms with Crippen LogP contribution in [0.1, 0.15) is 128 Å². The van der Waals surface area contributed by atoms with Crippen LogP contribution < -0.4 is 21.3 Å². The number of hydrogen-bond donors (Lipinski definition) is 12. The van der Waals surface area contributed by atoms with Crippen molar-refractivity contribution in [2.45, 2.75) is 212 Å². The number of carbonyl (C=O) groups excluding carboxylic acids is 8. The molecule has 105 heavy (non-hydrogen) atoms. The second kappa shape index (κ2) is 51.0. The van der Waals surface area contributed by atoms with Gasteiger partial charge in [0.15, 0.2) is 17.4 Å². The lowest BCUT2D eigenvalue weighted by atomic mass is 10.2. The molecule has 0 radical (unpaired) electrons. The van der Waals surface area contributed by atoms with Crippen molar-refractivity contribution in [2.75, 3.05) is 78.5 Å². The fourth-order valence-electron chi connectivity index (χ4n) is 10.5. The fraction of sp³-hybridized carbons (Fsp3) is 0.738. The largest absolute Gasteiger partial charge is 0.481 e. The first-order valence-corrected chi connectivity index (χ1v) is 51.1. The van der Waals surface area contributed by atoms with Crippen molar-refractivity contribution in [3.05, 3.63) is 0 Å². The van der Waals surface area contributed by atoms with Crippen LogP contribution in [0.15, 0.2) is 0 Å². The van der Waals surface area contributed by atoms with E-state index in [2.05, 4.69) is 21.3 Å². The molecule has 0 rings (SSSR count). The number of amides is 8. The van der Waals surface area contributed by atoms with Crippen LogP contribution in [0.3, 0.4) is 0 Å². The van der Waals surface area contributed by atoms with Crippen molar-refractivity contribution in [2.24, 2.45) is 0 Å². The predicted octanol–water partition coefficient (Wildman–Crippen LogP) is 2.37. The van der Waals surface area contributed by atoms with Crippen molar-refractivity contribution in [1.29, 1.82) is 0 Å². The smallest absolute Gasteiger partial charge is 0.362 e. The van der Waals surface area contributed by atoms with E-state index in [1.807, 2.05) is 26.2 Å². The molecule has 0 aromatic carbocycles. The quantitative estimate of drug-likeness (QED) is 0.0236. The first-order chi connectivity index (χ1) is 48.8. The standard InChI is InChI=1S/C61H112N8O30Si6/c1-100(42-10-34-66(50(74)18-26-58(86)87)38-30-62-46(70)14-22-54(78)79)96-104(8,44-12-36-68(52(76)20-28-60(90)91)40-32-64-48(72)16-24-56(82)83)99-105(9,45-13-37-69(53(77)21-29-61(92)93)41-33-65-49(73)17-25-57(84)85)98-103(7,95-94-102(5,6)97-101(2,3)4)43-11-35-67(51(75)19-27-59(88)89)39-31-63-47(71)15-23-55(80)81/h100H,10-45H2,1-9H3,(H,62,70)(H,63,71)(H,64,72)(H,65,73)(H,78,79)(H,80,81)(H,82,83)(H,84,85)(H,86,87)(H,88,89)(H,90,91)(H,92,93). The highest BCUT2D eigenvalue weighted by Gasteiger charge is 2.50. The zero-order valence-electron chi connectivity index (χ0n) is 61.9. The number of carboxylic acid groups (broad SMARTS) is 8. The fourth-order valence-corrected chi connectivity index (χ4v) is 35.9. The molecule has 0 saturated carbocycles. The molecule has 0 aromatic heterocycles. The lowest BCUT2D eigenvalue weighted by Gasteiger charge is -2.43. The van der Waals surface area contributed by atoms with Gasteiger partial charge in [0.25, 0.3) is 0 Å². The van der Waals surface area contributed by atoms with Crippen LogP contribution in [-0.2, 0) is 102 Å². The van der Waals surface area contributed by atoms with Gasteiger partial charge in [-0.3, -0.25) is 85.9 Å². The maximum absolute atomic E-state index is 13.9. The SMILES string of the molecule is C[SiH](CCCN(CCNC(=O)CCC(=O)O)C(=O)CCC(=O)O)O[Si](C)(CCCN(CCNC(=O)CCC(=O)O)C(=O)CCC(=O)O)O[Si](C)(CCCN(CCNC(=O)CCC(=O)O)C(=O)CCC(=O)O)O[Si](C)(CCCN(CCNC(=O)CCC(=O)O)C(=O)CCC(=O)O)OO[Si](C)(C)O[Si](C)(C)C. The minimum Gasteiger partial charge on any atom is -0.481 e. The molecule has 4 atom stereocenters. The van der Waals surface area contributed by atoms with Gasteiger partial charge in [-0.15, -0.1) is 0 Å². The van der Waals surface area contributed by atoms with Gasteiger partial charge in [-0.1, -0.05) is 0 Å². The Kier molecular flexibility index (Phi) is 47.4. The van der Waals surface area contributed by atoms with Gasteiger partial charge >= 0.3 is 82.0 Å². The predicted molar refractivity (Wildman–Crippen MR) is 386 cm³/mol. The van der Waals surface area contributed by atoms with E-state index in [0.717, 1.165) is 0 Å². The lowest BCUT2D eigenvalue weighted by molar-refractivity contribution is -0.154. The van der Waals surface area contributed by atoms with Gasteiger partial charge in [-0.25, -0.2) is 0 Å².